The van der Waals surface area contributed by atoms with E-state index >= 15 is 0 Å². The van der Waals surface area contributed by atoms with Crippen molar-refractivity contribution < 1.29 is 9.00 Å². The molecule has 21 heavy (non-hydrogen) atoms. The molecule has 0 bridgehead atoms. The van der Waals surface area contributed by atoms with Crippen LogP contribution < -0.4 is 10.6 Å². The molecule has 0 aliphatic heterocycles. The number of nitrogens with zero attached hydrogens (tertiary/aromatic N) is 1. The molecule has 2 amide bonds. The summed E-state index contributed by atoms with van der Waals surface area (Å²) in [6.45, 7) is 1.94. The number of halogens is 1. The minimum absolute atomic E-state index is 0.0893. The summed E-state index contributed by atoms with van der Waals surface area (Å²) in [6.07, 6.45) is 3.74. The summed E-state index contributed by atoms with van der Waals surface area (Å²) in [5.41, 5.74) is 0. The second-order valence-corrected chi connectivity index (χ2v) is 7.92. The second kappa shape index (κ2) is 7.89. The molecule has 1 aliphatic carbocycles. The molecule has 0 spiro atoms. The van der Waals surface area contributed by atoms with Crippen molar-refractivity contribution in [1.82, 2.24) is 10.3 Å². The van der Waals surface area contributed by atoms with E-state index < -0.39 is 10.8 Å². The smallest absolute Gasteiger partial charge is 0.320 e. The van der Waals surface area contributed by atoms with Crippen LogP contribution >= 0.6 is 15.9 Å². The first-order valence-electron chi connectivity index (χ1n) is 7.15. The van der Waals surface area contributed by atoms with Gasteiger partial charge >= 0.3 is 6.03 Å². The Hall–Kier alpha value is -0.950. The van der Waals surface area contributed by atoms with E-state index in [-0.39, 0.29) is 17.3 Å². The molecular formula is C14H20BrN3O2S. The largest absolute Gasteiger partial charge is 0.335 e. The van der Waals surface area contributed by atoms with Gasteiger partial charge in [0.1, 0.15) is 10.4 Å². The van der Waals surface area contributed by atoms with Gasteiger partial charge in [0.2, 0.25) is 0 Å². The van der Waals surface area contributed by atoms with E-state index in [1.54, 1.807) is 12.1 Å². The Kier molecular flexibility index (Phi) is 6.17. The molecule has 3 atom stereocenters. The number of rotatable bonds is 4. The first kappa shape index (κ1) is 16.4. The summed E-state index contributed by atoms with van der Waals surface area (Å²) < 4.78 is 12.6. The lowest BCUT2D eigenvalue weighted by atomic mass is 9.95. The maximum Gasteiger partial charge on any atom is 0.320 e. The third kappa shape index (κ3) is 5.07. The van der Waals surface area contributed by atoms with Crippen LogP contribution in [0.4, 0.5) is 10.6 Å². The maximum absolute atomic E-state index is 12.0. The van der Waals surface area contributed by atoms with E-state index in [2.05, 4.69) is 31.5 Å². The van der Waals surface area contributed by atoms with Gasteiger partial charge in [0.15, 0.2) is 0 Å². The first-order valence-corrected chi connectivity index (χ1v) is 9.33. The Bertz CT molecular complexity index is 527. The fraction of sp³-hybridized carbons (Fsp3) is 0.571. The second-order valence-electron chi connectivity index (χ2n) is 5.10. The highest BCUT2D eigenvalue weighted by atomic mass is 79.9. The number of anilines is 1. The fourth-order valence-corrected chi connectivity index (χ4v) is 4.26. The van der Waals surface area contributed by atoms with Crippen LogP contribution in [-0.4, -0.2) is 32.3 Å². The van der Waals surface area contributed by atoms with Crippen molar-refractivity contribution in [2.45, 2.75) is 43.9 Å². The van der Waals surface area contributed by atoms with E-state index in [0.717, 1.165) is 25.7 Å². The molecule has 116 valence electrons. The highest BCUT2D eigenvalue weighted by molar-refractivity contribution is 9.10. The zero-order valence-corrected chi connectivity index (χ0v) is 14.4. The third-order valence-electron chi connectivity index (χ3n) is 3.57. The molecule has 1 aliphatic rings. The molecule has 1 fully saturated rings. The fourth-order valence-electron chi connectivity index (χ4n) is 2.57. The third-order valence-corrected chi connectivity index (χ3v) is 5.76. The average molecular weight is 374 g/mol. The number of hydrogen-bond acceptors (Lipinski definition) is 3. The topological polar surface area (TPSA) is 71.1 Å². The Morgan fingerprint density at radius 1 is 1.48 bits per heavy atom. The van der Waals surface area contributed by atoms with Crippen LogP contribution in [0.1, 0.15) is 32.6 Å². The molecule has 0 aromatic carbocycles. The van der Waals surface area contributed by atoms with Crippen molar-refractivity contribution in [2.75, 3.05) is 11.1 Å². The van der Waals surface area contributed by atoms with Gasteiger partial charge in [-0.15, -0.1) is 0 Å². The van der Waals surface area contributed by atoms with E-state index in [0.29, 0.717) is 16.2 Å². The van der Waals surface area contributed by atoms with Gasteiger partial charge in [-0.3, -0.25) is 9.53 Å². The lowest BCUT2D eigenvalue weighted by molar-refractivity contribution is 0.244. The summed E-state index contributed by atoms with van der Waals surface area (Å²) in [7, 11) is -0.780. The van der Waals surface area contributed by atoms with Crippen LogP contribution in [0.25, 0.3) is 0 Å². The van der Waals surface area contributed by atoms with Crippen molar-refractivity contribution in [3.8, 4) is 0 Å². The summed E-state index contributed by atoms with van der Waals surface area (Å²) in [6, 6.07) is 5.18. The minimum atomic E-state index is -0.780. The number of amides is 2. The number of nitrogens with one attached hydrogen (secondary N) is 2. The highest BCUT2D eigenvalue weighted by Crippen LogP contribution is 2.23. The van der Waals surface area contributed by atoms with Crippen molar-refractivity contribution in [2.24, 2.45) is 0 Å². The zero-order valence-electron chi connectivity index (χ0n) is 12.0. The number of urea groups is 1. The van der Waals surface area contributed by atoms with E-state index in [4.69, 9.17) is 0 Å². The van der Waals surface area contributed by atoms with Gasteiger partial charge in [0.25, 0.3) is 0 Å². The van der Waals surface area contributed by atoms with Crippen LogP contribution in [0.15, 0.2) is 22.8 Å². The molecular weight excluding hydrogens is 354 g/mol. The van der Waals surface area contributed by atoms with E-state index in [1.165, 1.54) is 0 Å². The molecule has 7 heteroatoms. The molecule has 1 aromatic rings. The van der Waals surface area contributed by atoms with Crippen molar-refractivity contribution in [3.05, 3.63) is 22.8 Å². The molecule has 1 heterocycles. The predicted octanol–water partition coefficient (Wildman–Crippen LogP) is 3.05. The molecule has 1 saturated carbocycles. The molecule has 2 N–H and O–H groups in total. The number of carbonyl (C=O) groups excluding carboxylic acids is 1. The van der Waals surface area contributed by atoms with Gasteiger partial charge < -0.3 is 5.32 Å². The van der Waals surface area contributed by atoms with Crippen LogP contribution in [0.2, 0.25) is 0 Å². The normalized spacial score (nSPS) is 23.3. The standard InChI is InChI=1S/C14H20BrN3O2S/c1-2-21(20)11-6-3-5-10(9-11)16-14(19)18-13-8-4-7-12(15)17-13/h4,7-8,10-11H,2-3,5-6,9H2,1H3,(H2,16,17,18,19)/t10-,11-,21+/m1/s1. The quantitative estimate of drug-likeness (QED) is 0.796. The van der Waals surface area contributed by atoms with Crippen molar-refractivity contribution in [3.63, 3.8) is 0 Å². The first-order chi connectivity index (χ1) is 10.1. The van der Waals surface area contributed by atoms with Gasteiger partial charge in [-0.1, -0.05) is 19.4 Å². The summed E-state index contributed by atoms with van der Waals surface area (Å²) in [5.74, 6) is 1.19. The number of pyridine rings is 1. The SMILES string of the molecule is CC[S@](=O)[C@@H]1CCC[C@@H](NC(=O)Nc2cccc(Br)n2)C1. The summed E-state index contributed by atoms with van der Waals surface area (Å²) in [5, 5.41) is 5.88. The van der Waals surface area contributed by atoms with Gasteiger partial charge in [-0.2, -0.15) is 0 Å². The number of carbonyl (C=O) groups is 1. The lowest BCUT2D eigenvalue weighted by Gasteiger charge is -2.29. The molecule has 0 radical (unpaired) electrons. The zero-order chi connectivity index (χ0) is 15.2. The average Bonchev–Trinajstić information content (AvgIpc) is 2.46. The highest BCUT2D eigenvalue weighted by Gasteiger charge is 2.26. The van der Waals surface area contributed by atoms with Crippen LogP contribution in [0.3, 0.4) is 0 Å². The van der Waals surface area contributed by atoms with Gasteiger partial charge in [0.05, 0.1) is 0 Å². The van der Waals surface area contributed by atoms with Crippen molar-refractivity contribution in [1.29, 1.82) is 0 Å². The van der Waals surface area contributed by atoms with E-state index in [9.17, 15) is 9.00 Å². The Morgan fingerprint density at radius 3 is 3.00 bits per heavy atom. The van der Waals surface area contributed by atoms with Crippen LogP contribution in [0, 0.1) is 0 Å². The molecule has 0 saturated heterocycles. The summed E-state index contributed by atoms with van der Waals surface area (Å²) in [4.78, 5) is 16.1. The molecule has 1 aromatic heterocycles. The molecule has 0 unspecified atom stereocenters. The van der Waals surface area contributed by atoms with Crippen LogP contribution in [0.5, 0.6) is 0 Å². The Labute approximate surface area is 135 Å². The van der Waals surface area contributed by atoms with Gasteiger partial charge in [-0.25, -0.2) is 9.78 Å². The van der Waals surface area contributed by atoms with Crippen molar-refractivity contribution >= 4 is 38.6 Å². The van der Waals surface area contributed by atoms with Gasteiger partial charge in [-0.05, 0) is 47.3 Å². The lowest BCUT2D eigenvalue weighted by Crippen LogP contribution is -2.43. The maximum atomic E-state index is 12.0. The monoisotopic (exact) mass is 373 g/mol. The number of aromatic nitrogens is 1. The summed E-state index contributed by atoms with van der Waals surface area (Å²) >= 11 is 3.27. The Balaban J connectivity index is 1.86. The van der Waals surface area contributed by atoms with Crippen LogP contribution in [-0.2, 0) is 10.8 Å². The predicted molar refractivity (Wildman–Crippen MR) is 88.8 cm³/mol. The van der Waals surface area contributed by atoms with Gasteiger partial charge in [0, 0.05) is 27.8 Å². The molecule has 2 rings (SSSR count). The number of hydrogen-bond donors (Lipinski definition) is 2. The minimum Gasteiger partial charge on any atom is -0.335 e. The van der Waals surface area contributed by atoms with E-state index in [1.807, 2.05) is 13.0 Å². The molecule has 5 nitrogen and oxygen atoms in total. The Morgan fingerprint density at radius 2 is 2.29 bits per heavy atom.